The zero-order valence-electron chi connectivity index (χ0n) is 14.8. The summed E-state index contributed by atoms with van der Waals surface area (Å²) in [4.78, 5) is 37.3. The van der Waals surface area contributed by atoms with Crippen molar-refractivity contribution in [3.8, 4) is 0 Å². The van der Waals surface area contributed by atoms with Crippen LogP contribution in [0.15, 0.2) is 0 Å². The van der Waals surface area contributed by atoms with Gasteiger partial charge < -0.3 is 15.3 Å². The average Bonchev–Trinajstić information content (AvgIpc) is 2.43. The highest BCUT2D eigenvalue weighted by Gasteiger charge is 2.62. The number of rotatable bonds is 11. The van der Waals surface area contributed by atoms with Crippen LogP contribution in [0.1, 0.15) is 60.3 Å². The van der Waals surface area contributed by atoms with Crippen molar-refractivity contribution in [3.05, 3.63) is 0 Å². The standard InChI is InChI=1S/C17H30O6/c1-6-7-13(19)16(22,10-18)17(23,14(20)8-11(2)3)15(21)9-12(4)5/h11-12,18,22-23H,6-10H2,1-5H3. The number of aliphatic hydroxyl groups excluding tert-OH is 1. The van der Waals surface area contributed by atoms with E-state index in [0.717, 1.165) is 0 Å². The lowest BCUT2D eigenvalue weighted by Gasteiger charge is -2.39. The Bertz CT molecular complexity index is 418. The molecule has 0 radical (unpaired) electrons. The molecule has 0 aliphatic carbocycles. The third kappa shape index (κ3) is 4.68. The second kappa shape index (κ2) is 8.66. The summed E-state index contributed by atoms with van der Waals surface area (Å²) in [5.41, 5.74) is -5.72. The van der Waals surface area contributed by atoms with Crippen LogP contribution in [0.5, 0.6) is 0 Å². The second-order valence-electron chi connectivity index (χ2n) is 6.94. The minimum Gasteiger partial charge on any atom is -0.393 e. The van der Waals surface area contributed by atoms with Crippen LogP contribution in [0, 0.1) is 11.8 Å². The molecule has 3 N–H and O–H groups in total. The molecule has 0 bridgehead atoms. The maximum atomic E-state index is 12.5. The Kier molecular flexibility index (Phi) is 8.24. The van der Waals surface area contributed by atoms with Crippen LogP contribution < -0.4 is 0 Å². The van der Waals surface area contributed by atoms with E-state index in [2.05, 4.69) is 0 Å². The van der Waals surface area contributed by atoms with E-state index in [0.29, 0.717) is 6.42 Å². The van der Waals surface area contributed by atoms with Crippen molar-refractivity contribution in [1.82, 2.24) is 0 Å². The Morgan fingerprint density at radius 2 is 1.26 bits per heavy atom. The molecular formula is C17H30O6. The highest BCUT2D eigenvalue weighted by atomic mass is 16.4. The van der Waals surface area contributed by atoms with Crippen molar-refractivity contribution in [2.75, 3.05) is 6.61 Å². The fourth-order valence-electron chi connectivity index (χ4n) is 2.49. The van der Waals surface area contributed by atoms with Crippen LogP contribution in [0.2, 0.25) is 0 Å². The molecule has 0 aliphatic heterocycles. The van der Waals surface area contributed by atoms with Gasteiger partial charge in [0.25, 0.3) is 0 Å². The monoisotopic (exact) mass is 330 g/mol. The topological polar surface area (TPSA) is 112 Å². The van der Waals surface area contributed by atoms with Gasteiger partial charge in [-0.15, -0.1) is 0 Å². The lowest BCUT2D eigenvalue weighted by molar-refractivity contribution is -0.194. The summed E-state index contributed by atoms with van der Waals surface area (Å²) in [7, 11) is 0. The van der Waals surface area contributed by atoms with Gasteiger partial charge in [0, 0.05) is 19.3 Å². The van der Waals surface area contributed by atoms with Crippen molar-refractivity contribution in [1.29, 1.82) is 0 Å². The maximum Gasteiger partial charge on any atom is 0.219 e. The van der Waals surface area contributed by atoms with E-state index in [1.54, 1.807) is 34.6 Å². The highest BCUT2D eigenvalue weighted by Crippen LogP contribution is 2.31. The molecule has 0 saturated heterocycles. The maximum absolute atomic E-state index is 12.5. The minimum absolute atomic E-state index is 0.150. The van der Waals surface area contributed by atoms with Gasteiger partial charge in [-0.3, -0.25) is 14.4 Å². The van der Waals surface area contributed by atoms with Gasteiger partial charge in [-0.2, -0.15) is 0 Å². The minimum atomic E-state index is -2.91. The molecule has 134 valence electrons. The van der Waals surface area contributed by atoms with Gasteiger partial charge in [0.15, 0.2) is 23.0 Å². The lowest BCUT2D eigenvalue weighted by atomic mass is 9.70. The molecule has 0 aromatic carbocycles. The Balaban J connectivity index is 6.04. The second-order valence-corrected chi connectivity index (χ2v) is 6.94. The highest BCUT2D eigenvalue weighted by molar-refractivity contribution is 6.16. The first-order valence-corrected chi connectivity index (χ1v) is 8.12. The molecule has 23 heavy (non-hydrogen) atoms. The van der Waals surface area contributed by atoms with Crippen LogP contribution in [0.3, 0.4) is 0 Å². The Morgan fingerprint density at radius 1 is 0.870 bits per heavy atom. The largest absolute Gasteiger partial charge is 0.393 e. The van der Waals surface area contributed by atoms with Crippen LogP contribution in [-0.2, 0) is 14.4 Å². The van der Waals surface area contributed by atoms with Crippen molar-refractivity contribution >= 4 is 17.3 Å². The summed E-state index contributed by atoms with van der Waals surface area (Å²) in [6.07, 6.45) is -0.151. The summed E-state index contributed by atoms with van der Waals surface area (Å²) in [5, 5.41) is 31.0. The predicted molar refractivity (Wildman–Crippen MR) is 85.8 cm³/mol. The van der Waals surface area contributed by atoms with E-state index < -0.39 is 35.2 Å². The lowest BCUT2D eigenvalue weighted by Crippen LogP contribution is -2.69. The molecule has 1 atom stereocenters. The SMILES string of the molecule is CCCC(=O)C(O)(CO)C(O)(C(=O)CC(C)C)C(=O)CC(C)C. The van der Waals surface area contributed by atoms with Crippen molar-refractivity contribution in [3.63, 3.8) is 0 Å². The molecule has 6 heteroatoms. The van der Waals surface area contributed by atoms with Crippen LogP contribution in [-0.4, -0.2) is 50.5 Å². The molecule has 0 aliphatic rings. The molecular weight excluding hydrogens is 300 g/mol. The van der Waals surface area contributed by atoms with Gasteiger partial charge in [0.1, 0.15) is 0 Å². The van der Waals surface area contributed by atoms with E-state index in [-0.39, 0.29) is 31.1 Å². The van der Waals surface area contributed by atoms with Gasteiger partial charge in [-0.1, -0.05) is 34.6 Å². The quantitative estimate of drug-likeness (QED) is 0.488. The molecule has 6 nitrogen and oxygen atoms in total. The van der Waals surface area contributed by atoms with Crippen molar-refractivity contribution in [2.24, 2.45) is 11.8 Å². The number of hydrogen-bond acceptors (Lipinski definition) is 6. The number of hydrogen-bond donors (Lipinski definition) is 3. The average molecular weight is 330 g/mol. The molecule has 0 aromatic rings. The molecule has 0 rings (SSSR count). The van der Waals surface area contributed by atoms with Gasteiger partial charge in [0.2, 0.25) is 5.60 Å². The molecule has 0 heterocycles. The smallest absolute Gasteiger partial charge is 0.219 e. The number of carbonyl (C=O) groups is 3. The summed E-state index contributed by atoms with van der Waals surface area (Å²) < 4.78 is 0. The molecule has 0 amide bonds. The van der Waals surface area contributed by atoms with E-state index in [4.69, 9.17) is 0 Å². The van der Waals surface area contributed by atoms with Gasteiger partial charge >= 0.3 is 0 Å². The summed E-state index contributed by atoms with van der Waals surface area (Å²) in [5.74, 6) is -3.12. The van der Waals surface area contributed by atoms with E-state index in [1.807, 2.05) is 0 Å². The Labute approximate surface area is 137 Å². The number of Topliss-reactive ketones (excluding diaryl/α,β-unsaturated/α-hetero) is 3. The third-order valence-electron chi connectivity index (χ3n) is 3.76. The van der Waals surface area contributed by atoms with Gasteiger partial charge in [0.05, 0.1) is 6.61 Å². The van der Waals surface area contributed by atoms with Gasteiger partial charge in [-0.05, 0) is 18.3 Å². The summed E-state index contributed by atoms with van der Waals surface area (Å²) >= 11 is 0. The zero-order chi connectivity index (χ0) is 18.4. The van der Waals surface area contributed by atoms with Crippen LogP contribution >= 0.6 is 0 Å². The number of ketones is 3. The first kappa shape index (κ1) is 21.9. The first-order chi connectivity index (χ1) is 10.5. The summed E-state index contributed by atoms with van der Waals surface area (Å²) in [6.45, 7) is 7.37. The fraction of sp³-hybridized carbons (Fsp3) is 0.824. The molecule has 0 aromatic heterocycles. The molecule has 0 fully saturated rings. The van der Waals surface area contributed by atoms with E-state index >= 15 is 0 Å². The molecule has 0 spiro atoms. The van der Waals surface area contributed by atoms with Crippen LogP contribution in [0.4, 0.5) is 0 Å². The normalized spacial score (nSPS) is 14.9. The van der Waals surface area contributed by atoms with Crippen molar-refractivity contribution < 1.29 is 29.7 Å². The fourth-order valence-corrected chi connectivity index (χ4v) is 2.49. The molecule has 1 unspecified atom stereocenters. The summed E-state index contributed by atoms with van der Waals surface area (Å²) in [6, 6.07) is 0. The van der Waals surface area contributed by atoms with Gasteiger partial charge in [-0.25, -0.2) is 0 Å². The first-order valence-electron chi connectivity index (χ1n) is 8.12. The van der Waals surface area contributed by atoms with E-state index in [1.165, 1.54) is 0 Å². The van der Waals surface area contributed by atoms with E-state index in [9.17, 15) is 29.7 Å². The third-order valence-corrected chi connectivity index (χ3v) is 3.76. The van der Waals surface area contributed by atoms with Crippen LogP contribution in [0.25, 0.3) is 0 Å². The Morgan fingerprint density at radius 3 is 1.52 bits per heavy atom. The number of aliphatic hydroxyl groups is 3. The predicted octanol–water partition coefficient (Wildman–Crippen LogP) is 1.04. The zero-order valence-corrected chi connectivity index (χ0v) is 14.8. The number of carbonyl (C=O) groups excluding carboxylic acids is 3. The Hall–Kier alpha value is -1.11. The molecule has 0 saturated carbocycles. The van der Waals surface area contributed by atoms with Crippen molar-refractivity contribution in [2.45, 2.75) is 71.5 Å².